The number of halogens is 1. The predicted molar refractivity (Wildman–Crippen MR) is 57.7 cm³/mol. The Balaban J connectivity index is 2.64. The molecule has 1 aromatic carbocycles. The van der Waals surface area contributed by atoms with Crippen LogP contribution in [0.15, 0.2) is 18.2 Å². The predicted octanol–water partition coefficient (Wildman–Crippen LogP) is 2.50. The molecule has 1 aromatic rings. The highest BCUT2D eigenvalue weighted by Gasteiger charge is 2.09. The number of nitriles is 1. The van der Waals surface area contributed by atoms with Crippen LogP contribution in [0.4, 0.5) is 4.39 Å². The van der Waals surface area contributed by atoms with Gasteiger partial charge in [-0.15, -0.1) is 0 Å². The van der Waals surface area contributed by atoms with E-state index in [0.29, 0.717) is 13.0 Å². The summed E-state index contributed by atoms with van der Waals surface area (Å²) in [7, 11) is 1.61. The van der Waals surface area contributed by atoms with Crippen LogP contribution in [0.5, 0.6) is 5.75 Å². The molecule has 0 saturated carbocycles. The van der Waals surface area contributed by atoms with E-state index in [1.165, 1.54) is 18.2 Å². The SMILES string of the molecule is COCCC(C)Oc1ccc(C#N)cc1F. The summed E-state index contributed by atoms with van der Waals surface area (Å²) in [5.74, 6) is -0.342. The van der Waals surface area contributed by atoms with Crippen molar-refractivity contribution in [3.8, 4) is 11.8 Å². The summed E-state index contributed by atoms with van der Waals surface area (Å²) in [6, 6.07) is 6.03. The molecule has 0 aliphatic rings. The van der Waals surface area contributed by atoms with Gasteiger partial charge in [-0.1, -0.05) is 0 Å². The van der Waals surface area contributed by atoms with Gasteiger partial charge in [-0.25, -0.2) is 4.39 Å². The largest absolute Gasteiger partial charge is 0.488 e. The van der Waals surface area contributed by atoms with E-state index in [1.807, 2.05) is 13.0 Å². The molecule has 0 aliphatic heterocycles. The smallest absolute Gasteiger partial charge is 0.166 e. The topological polar surface area (TPSA) is 42.2 Å². The van der Waals surface area contributed by atoms with Crippen LogP contribution in [-0.2, 0) is 4.74 Å². The van der Waals surface area contributed by atoms with Crippen LogP contribution in [-0.4, -0.2) is 19.8 Å². The van der Waals surface area contributed by atoms with E-state index in [0.717, 1.165) is 0 Å². The molecule has 0 amide bonds. The van der Waals surface area contributed by atoms with Gasteiger partial charge < -0.3 is 9.47 Å². The molecular weight excluding hydrogens is 209 g/mol. The van der Waals surface area contributed by atoms with Crippen molar-refractivity contribution < 1.29 is 13.9 Å². The van der Waals surface area contributed by atoms with Crippen LogP contribution in [0.1, 0.15) is 18.9 Å². The second-order valence-corrected chi connectivity index (χ2v) is 3.47. The molecule has 3 nitrogen and oxygen atoms in total. The molecule has 0 radical (unpaired) electrons. The van der Waals surface area contributed by atoms with Gasteiger partial charge in [0.1, 0.15) is 0 Å². The van der Waals surface area contributed by atoms with Gasteiger partial charge in [0.2, 0.25) is 0 Å². The third kappa shape index (κ3) is 3.52. The molecule has 0 aromatic heterocycles. The Morgan fingerprint density at radius 1 is 1.50 bits per heavy atom. The first-order valence-corrected chi connectivity index (χ1v) is 5.02. The lowest BCUT2D eigenvalue weighted by molar-refractivity contribution is 0.132. The Morgan fingerprint density at radius 2 is 2.25 bits per heavy atom. The van der Waals surface area contributed by atoms with Gasteiger partial charge in [-0.3, -0.25) is 0 Å². The van der Waals surface area contributed by atoms with Gasteiger partial charge in [0.25, 0.3) is 0 Å². The number of methoxy groups -OCH3 is 1. The normalized spacial score (nSPS) is 11.9. The van der Waals surface area contributed by atoms with E-state index >= 15 is 0 Å². The van der Waals surface area contributed by atoms with Crippen molar-refractivity contribution in [1.82, 2.24) is 0 Å². The zero-order valence-electron chi connectivity index (χ0n) is 9.37. The molecule has 0 aliphatic carbocycles. The first-order valence-electron chi connectivity index (χ1n) is 5.02. The molecule has 0 N–H and O–H groups in total. The molecule has 1 unspecified atom stereocenters. The maximum absolute atomic E-state index is 13.4. The zero-order chi connectivity index (χ0) is 12.0. The average Bonchev–Trinajstić information content (AvgIpc) is 2.29. The second kappa shape index (κ2) is 6.09. The summed E-state index contributed by atoms with van der Waals surface area (Å²) < 4.78 is 23.7. The number of ether oxygens (including phenoxy) is 2. The van der Waals surface area contributed by atoms with Gasteiger partial charge in [0.15, 0.2) is 11.6 Å². The minimum atomic E-state index is -0.511. The van der Waals surface area contributed by atoms with Crippen molar-refractivity contribution in [2.45, 2.75) is 19.4 Å². The fraction of sp³-hybridized carbons (Fsp3) is 0.417. The summed E-state index contributed by atoms with van der Waals surface area (Å²) in [6.45, 7) is 2.41. The Kier molecular flexibility index (Phi) is 4.74. The van der Waals surface area contributed by atoms with Gasteiger partial charge in [0, 0.05) is 20.1 Å². The summed E-state index contributed by atoms with van der Waals surface area (Å²) in [6.07, 6.45) is 0.568. The molecule has 86 valence electrons. The molecule has 16 heavy (non-hydrogen) atoms. The maximum atomic E-state index is 13.4. The van der Waals surface area contributed by atoms with Crippen molar-refractivity contribution in [3.63, 3.8) is 0 Å². The molecule has 1 atom stereocenters. The molecule has 1 rings (SSSR count). The van der Waals surface area contributed by atoms with Crippen LogP contribution >= 0.6 is 0 Å². The minimum Gasteiger partial charge on any atom is -0.488 e. The van der Waals surface area contributed by atoms with Crippen molar-refractivity contribution in [2.75, 3.05) is 13.7 Å². The Bertz CT molecular complexity index is 387. The zero-order valence-corrected chi connectivity index (χ0v) is 9.37. The highest BCUT2D eigenvalue weighted by molar-refractivity contribution is 5.36. The van der Waals surface area contributed by atoms with E-state index in [1.54, 1.807) is 7.11 Å². The quantitative estimate of drug-likeness (QED) is 0.770. The number of hydrogen-bond acceptors (Lipinski definition) is 3. The van der Waals surface area contributed by atoms with Crippen molar-refractivity contribution in [1.29, 1.82) is 5.26 Å². The molecule has 0 saturated heterocycles. The summed E-state index contributed by atoms with van der Waals surface area (Å²) >= 11 is 0. The van der Waals surface area contributed by atoms with Crippen LogP contribution in [0, 0.1) is 17.1 Å². The molecule has 0 fully saturated rings. The van der Waals surface area contributed by atoms with Crippen LogP contribution in [0.3, 0.4) is 0 Å². The minimum absolute atomic E-state index is 0.123. The lowest BCUT2D eigenvalue weighted by Gasteiger charge is -2.14. The fourth-order valence-electron chi connectivity index (χ4n) is 1.23. The molecule has 0 bridgehead atoms. The van der Waals surface area contributed by atoms with Crippen LogP contribution in [0.25, 0.3) is 0 Å². The van der Waals surface area contributed by atoms with Gasteiger partial charge in [-0.2, -0.15) is 5.26 Å². The Hall–Kier alpha value is -1.60. The molecule has 0 spiro atoms. The molecular formula is C12H14FNO2. The van der Waals surface area contributed by atoms with Gasteiger partial charge in [-0.05, 0) is 25.1 Å². The Morgan fingerprint density at radius 3 is 2.81 bits per heavy atom. The van der Waals surface area contributed by atoms with E-state index in [4.69, 9.17) is 14.7 Å². The van der Waals surface area contributed by atoms with Gasteiger partial charge >= 0.3 is 0 Å². The standard InChI is InChI=1S/C12H14FNO2/c1-9(5-6-15-2)16-12-4-3-10(8-14)7-11(12)13/h3-4,7,9H,5-6H2,1-2H3. The van der Waals surface area contributed by atoms with Crippen molar-refractivity contribution in [2.24, 2.45) is 0 Å². The third-order valence-corrected chi connectivity index (χ3v) is 2.12. The summed E-state index contributed by atoms with van der Waals surface area (Å²) in [4.78, 5) is 0. The summed E-state index contributed by atoms with van der Waals surface area (Å²) in [5, 5.41) is 8.58. The first-order chi connectivity index (χ1) is 7.67. The highest BCUT2D eigenvalue weighted by atomic mass is 19.1. The van der Waals surface area contributed by atoms with E-state index in [2.05, 4.69) is 0 Å². The number of hydrogen-bond donors (Lipinski definition) is 0. The van der Waals surface area contributed by atoms with Crippen LogP contribution < -0.4 is 4.74 Å². The lowest BCUT2D eigenvalue weighted by Crippen LogP contribution is -2.14. The fourth-order valence-corrected chi connectivity index (χ4v) is 1.23. The number of nitrogens with zero attached hydrogens (tertiary/aromatic N) is 1. The number of rotatable bonds is 5. The first kappa shape index (κ1) is 12.5. The molecule has 0 heterocycles. The highest BCUT2D eigenvalue weighted by Crippen LogP contribution is 2.19. The van der Waals surface area contributed by atoms with Crippen molar-refractivity contribution >= 4 is 0 Å². The molecule has 4 heteroatoms. The third-order valence-electron chi connectivity index (χ3n) is 2.12. The van der Waals surface area contributed by atoms with Gasteiger partial charge in [0.05, 0.1) is 17.7 Å². The van der Waals surface area contributed by atoms with E-state index in [-0.39, 0.29) is 17.4 Å². The second-order valence-electron chi connectivity index (χ2n) is 3.47. The van der Waals surface area contributed by atoms with Crippen molar-refractivity contribution in [3.05, 3.63) is 29.6 Å². The van der Waals surface area contributed by atoms with Crippen LogP contribution in [0.2, 0.25) is 0 Å². The van der Waals surface area contributed by atoms with E-state index in [9.17, 15) is 4.39 Å². The summed E-state index contributed by atoms with van der Waals surface area (Å²) in [5.41, 5.74) is 0.286. The number of benzene rings is 1. The average molecular weight is 223 g/mol. The lowest BCUT2D eigenvalue weighted by atomic mass is 10.2. The van der Waals surface area contributed by atoms with E-state index < -0.39 is 5.82 Å². The maximum Gasteiger partial charge on any atom is 0.166 e. The Labute approximate surface area is 94.4 Å². The monoisotopic (exact) mass is 223 g/mol.